The molecule has 102 valence electrons. The summed E-state index contributed by atoms with van der Waals surface area (Å²) < 4.78 is 0. The van der Waals surface area contributed by atoms with E-state index in [1.54, 1.807) is 6.20 Å². The maximum Gasteiger partial charge on any atom is 0.143 e. The number of nitrogens with zero attached hydrogens (tertiary/aromatic N) is 2. The molecule has 0 spiro atoms. The highest BCUT2D eigenvalue weighted by Crippen LogP contribution is 2.43. The molecule has 1 N–H and O–H groups in total. The number of nitriles is 1. The van der Waals surface area contributed by atoms with E-state index in [-0.39, 0.29) is 0 Å². The zero-order valence-corrected chi connectivity index (χ0v) is 11.9. The van der Waals surface area contributed by atoms with Gasteiger partial charge in [0.05, 0.1) is 5.56 Å². The SMILES string of the molecule is CC(C)CC1(CNc2ncccc2C#N)CCCC1. The fourth-order valence-electron chi connectivity index (χ4n) is 3.35. The Kier molecular flexibility index (Phi) is 4.42. The van der Waals surface area contributed by atoms with Crippen molar-refractivity contribution in [3.8, 4) is 6.07 Å². The summed E-state index contributed by atoms with van der Waals surface area (Å²) in [6.45, 7) is 5.53. The molecule has 0 atom stereocenters. The van der Waals surface area contributed by atoms with Crippen LogP contribution in [0, 0.1) is 22.7 Å². The second-order valence-corrected chi connectivity index (χ2v) is 6.17. The van der Waals surface area contributed by atoms with Crippen LogP contribution in [-0.4, -0.2) is 11.5 Å². The van der Waals surface area contributed by atoms with Crippen LogP contribution < -0.4 is 5.32 Å². The van der Waals surface area contributed by atoms with Gasteiger partial charge in [0.1, 0.15) is 11.9 Å². The van der Waals surface area contributed by atoms with Gasteiger partial charge in [-0.25, -0.2) is 4.98 Å². The van der Waals surface area contributed by atoms with Crippen molar-refractivity contribution >= 4 is 5.82 Å². The van der Waals surface area contributed by atoms with Crippen molar-refractivity contribution in [2.75, 3.05) is 11.9 Å². The highest BCUT2D eigenvalue weighted by Gasteiger charge is 2.34. The summed E-state index contributed by atoms with van der Waals surface area (Å²) in [7, 11) is 0. The molecule has 0 aliphatic heterocycles. The highest BCUT2D eigenvalue weighted by atomic mass is 15.0. The largest absolute Gasteiger partial charge is 0.368 e. The fraction of sp³-hybridized carbons (Fsp3) is 0.625. The highest BCUT2D eigenvalue weighted by molar-refractivity contribution is 5.51. The first-order chi connectivity index (χ1) is 9.15. The van der Waals surface area contributed by atoms with Crippen molar-refractivity contribution in [1.29, 1.82) is 5.26 Å². The van der Waals surface area contributed by atoms with Crippen LogP contribution in [0.1, 0.15) is 51.5 Å². The first-order valence-corrected chi connectivity index (χ1v) is 7.24. The quantitative estimate of drug-likeness (QED) is 0.868. The minimum atomic E-state index is 0.401. The van der Waals surface area contributed by atoms with Gasteiger partial charge in [-0.05, 0) is 42.7 Å². The van der Waals surface area contributed by atoms with Crippen molar-refractivity contribution in [3.63, 3.8) is 0 Å². The lowest BCUT2D eigenvalue weighted by molar-refractivity contribution is 0.252. The Morgan fingerprint density at radius 1 is 1.42 bits per heavy atom. The Morgan fingerprint density at radius 2 is 2.16 bits per heavy atom. The summed E-state index contributed by atoms with van der Waals surface area (Å²) in [5.41, 5.74) is 1.04. The molecule has 0 saturated heterocycles. The number of aromatic nitrogens is 1. The molecule has 0 aromatic carbocycles. The second-order valence-electron chi connectivity index (χ2n) is 6.17. The molecule has 1 aromatic heterocycles. The molecule has 2 rings (SSSR count). The Morgan fingerprint density at radius 3 is 2.79 bits per heavy atom. The van der Waals surface area contributed by atoms with Crippen LogP contribution in [0.25, 0.3) is 0 Å². The molecule has 1 aliphatic carbocycles. The van der Waals surface area contributed by atoms with Crippen LogP contribution in [0.2, 0.25) is 0 Å². The van der Waals surface area contributed by atoms with Gasteiger partial charge in [0, 0.05) is 12.7 Å². The first kappa shape index (κ1) is 13.9. The number of rotatable bonds is 5. The number of hydrogen-bond donors (Lipinski definition) is 1. The van der Waals surface area contributed by atoms with E-state index in [9.17, 15) is 0 Å². The van der Waals surface area contributed by atoms with Crippen molar-refractivity contribution in [2.24, 2.45) is 11.3 Å². The monoisotopic (exact) mass is 257 g/mol. The predicted molar refractivity (Wildman–Crippen MR) is 77.8 cm³/mol. The molecule has 3 nitrogen and oxygen atoms in total. The fourth-order valence-corrected chi connectivity index (χ4v) is 3.35. The van der Waals surface area contributed by atoms with Gasteiger partial charge in [0.25, 0.3) is 0 Å². The van der Waals surface area contributed by atoms with Gasteiger partial charge in [-0.2, -0.15) is 5.26 Å². The van der Waals surface area contributed by atoms with E-state index in [1.807, 2.05) is 12.1 Å². The summed E-state index contributed by atoms with van der Waals surface area (Å²) in [4.78, 5) is 4.29. The molecule has 1 heterocycles. The summed E-state index contributed by atoms with van der Waals surface area (Å²) in [5.74, 6) is 1.46. The molecule has 0 bridgehead atoms. The zero-order chi connectivity index (χ0) is 13.7. The zero-order valence-electron chi connectivity index (χ0n) is 11.9. The average molecular weight is 257 g/mol. The standard InChI is InChI=1S/C16H23N3/c1-13(2)10-16(7-3-4-8-16)12-19-15-14(11-17)6-5-9-18-15/h5-6,9,13H,3-4,7-8,10,12H2,1-2H3,(H,18,19). The van der Waals surface area contributed by atoms with Crippen LogP contribution in [-0.2, 0) is 0 Å². The van der Waals surface area contributed by atoms with E-state index in [4.69, 9.17) is 5.26 Å². The normalized spacial score (nSPS) is 17.4. The number of pyridine rings is 1. The number of nitrogens with one attached hydrogen (secondary N) is 1. The molecule has 3 heteroatoms. The lowest BCUT2D eigenvalue weighted by atomic mass is 9.78. The number of hydrogen-bond acceptors (Lipinski definition) is 3. The third kappa shape index (κ3) is 3.47. The van der Waals surface area contributed by atoms with Gasteiger partial charge >= 0.3 is 0 Å². The molecule has 19 heavy (non-hydrogen) atoms. The molecular weight excluding hydrogens is 234 g/mol. The first-order valence-electron chi connectivity index (χ1n) is 7.24. The van der Waals surface area contributed by atoms with Gasteiger partial charge in [-0.15, -0.1) is 0 Å². The number of anilines is 1. The summed E-state index contributed by atoms with van der Waals surface area (Å²) >= 11 is 0. The van der Waals surface area contributed by atoms with Gasteiger partial charge < -0.3 is 5.32 Å². The van der Waals surface area contributed by atoms with E-state index in [0.717, 1.165) is 18.3 Å². The maximum absolute atomic E-state index is 9.09. The molecule has 0 unspecified atom stereocenters. The van der Waals surface area contributed by atoms with Crippen LogP contribution in [0.4, 0.5) is 5.82 Å². The minimum Gasteiger partial charge on any atom is -0.368 e. The van der Waals surface area contributed by atoms with Gasteiger partial charge in [-0.3, -0.25) is 0 Å². The molecule has 0 amide bonds. The Balaban J connectivity index is 2.05. The van der Waals surface area contributed by atoms with E-state index < -0.39 is 0 Å². The van der Waals surface area contributed by atoms with Crippen LogP contribution in [0.5, 0.6) is 0 Å². The van der Waals surface area contributed by atoms with Crippen LogP contribution >= 0.6 is 0 Å². The molecule has 1 saturated carbocycles. The van der Waals surface area contributed by atoms with E-state index in [1.165, 1.54) is 32.1 Å². The Hall–Kier alpha value is -1.56. The predicted octanol–water partition coefficient (Wildman–Crippen LogP) is 3.97. The molecule has 1 fully saturated rings. The molecule has 0 radical (unpaired) electrons. The molecule has 1 aromatic rings. The van der Waals surface area contributed by atoms with E-state index in [0.29, 0.717) is 11.0 Å². The van der Waals surface area contributed by atoms with Crippen molar-refractivity contribution < 1.29 is 0 Å². The summed E-state index contributed by atoms with van der Waals surface area (Å²) in [6.07, 6.45) is 8.27. The Bertz CT molecular complexity index is 453. The van der Waals surface area contributed by atoms with Gasteiger partial charge in [0.2, 0.25) is 0 Å². The molecule has 1 aliphatic rings. The topological polar surface area (TPSA) is 48.7 Å². The van der Waals surface area contributed by atoms with Crippen LogP contribution in [0.3, 0.4) is 0 Å². The van der Waals surface area contributed by atoms with Crippen molar-refractivity contribution in [1.82, 2.24) is 4.98 Å². The second kappa shape index (κ2) is 6.06. The van der Waals surface area contributed by atoms with E-state index >= 15 is 0 Å². The third-order valence-corrected chi connectivity index (χ3v) is 4.06. The summed E-state index contributed by atoms with van der Waals surface area (Å²) in [5, 5.41) is 12.5. The maximum atomic E-state index is 9.09. The van der Waals surface area contributed by atoms with E-state index in [2.05, 4.69) is 30.2 Å². The lowest BCUT2D eigenvalue weighted by Gasteiger charge is -2.31. The minimum absolute atomic E-state index is 0.401. The van der Waals surface area contributed by atoms with Crippen molar-refractivity contribution in [2.45, 2.75) is 46.0 Å². The average Bonchev–Trinajstić information content (AvgIpc) is 2.85. The lowest BCUT2D eigenvalue weighted by Crippen LogP contribution is -2.29. The Labute approximate surface area is 116 Å². The van der Waals surface area contributed by atoms with Gasteiger partial charge in [0.15, 0.2) is 0 Å². The van der Waals surface area contributed by atoms with Crippen molar-refractivity contribution in [3.05, 3.63) is 23.9 Å². The third-order valence-electron chi connectivity index (χ3n) is 4.06. The van der Waals surface area contributed by atoms with Crippen LogP contribution in [0.15, 0.2) is 18.3 Å². The molecular formula is C16H23N3. The summed E-state index contributed by atoms with van der Waals surface area (Å²) in [6, 6.07) is 5.83. The smallest absolute Gasteiger partial charge is 0.143 e. The van der Waals surface area contributed by atoms with Gasteiger partial charge in [-0.1, -0.05) is 26.7 Å².